The molecule has 0 aliphatic heterocycles. The van der Waals surface area contributed by atoms with Crippen molar-refractivity contribution in [2.24, 2.45) is 0 Å². The highest BCUT2D eigenvalue weighted by molar-refractivity contribution is 5.71. The van der Waals surface area contributed by atoms with Gasteiger partial charge in [0.25, 0.3) is 0 Å². The van der Waals surface area contributed by atoms with Gasteiger partial charge < -0.3 is 14.2 Å². The molecule has 0 bridgehead atoms. The summed E-state index contributed by atoms with van der Waals surface area (Å²) in [6.45, 7) is 6.67. The van der Waals surface area contributed by atoms with E-state index in [1.165, 1.54) is 231 Å². The van der Waals surface area contributed by atoms with Gasteiger partial charge >= 0.3 is 17.9 Å². The SMILES string of the molecule is CCCCCCCCCC/C=C\CCCCCCCCCCCCCCCC(=O)OCC(COC(=O)CCCCCCCCCCC)OC(=O)CCCCCCCCCCCCCCC. The predicted molar refractivity (Wildman–Crippen MR) is 280 cm³/mol. The van der Waals surface area contributed by atoms with E-state index in [1.54, 1.807) is 0 Å². The predicted octanol–water partition coefficient (Wildman–Crippen LogP) is 19.3. The Morgan fingerprint density at radius 1 is 0.292 bits per heavy atom. The number of esters is 3. The first-order valence-corrected chi connectivity index (χ1v) is 29.2. The number of hydrogen-bond acceptors (Lipinski definition) is 6. The molecule has 0 heterocycles. The maximum absolute atomic E-state index is 12.8. The third-order valence-electron chi connectivity index (χ3n) is 13.3. The molecule has 0 fully saturated rings. The Morgan fingerprint density at radius 2 is 0.508 bits per heavy atom. The van der Waals surface area contributed by atoms with Crippen molar-refractivity contribution in [2.45, 2.75) is 335 Å². The average molecular weight is 918 g/mol. The summed E-state index contributed by atoms with van der Waals surface area (Å²) in [7, 11) is 0. The summed E-state index contributed by atoms with van der Waals surface area (Å²) in [5.41, 5.74) is 0. The van der Waals surface area contributed by atoms with Crippen molar-refractivity contribution in [3.63, 3.8) is 0 Å². The topological polar surface area (TPSA) is 78.9 Å². The Bertz CT molecular complexity index is 1010. The van der Waals surface area contributed by atoms with Crippen LogP contribution in [0.25, 0.3) is 0 Å². The lowest BCUT2D eigenvalue weighted by molar-refractivity contribution is -0.167. The van der Waals surface area contributed by atoms with Crippen molar-refractivity contribution in [1.82, 2.24) is 0 Å². The van der Waals surface area contributed by atoms with Crippen LogP contribution in [-0.2, 0) is 28.6 Å². The third kappa shape index (κ3) is 53.0. The number of carbonyl (C=O) groups excluding carboxylic acids is 3. The Kier molecular flexibility index (Phi) is 53.2. The number of unbranched alkanes of at least 4 members (excludes halogenated alkanes) is 41. The minimum absolute atomic E-state index is 0.0642. The summed E-state index contributed by atoms with van der Waals surface area (Å²) in [6.07, 6.45) is 62.2. The van der Waals surface area contributed by atoms with Gasteiger partial charge in [-0.05, 0) is 44.9 Å². The van der Waals surface area contributed by atoms with Crippen LogP contribution in [0.2, 0.25) is 0 Å². The van der Waals surface area contributed by atoms with Crippen molar-refractivity contribution in [3.05, 3.63) is 12.2 Å². The fourth-order valence-corrected chi connectivity index (χ4v) is 8.85. The normalized spacial score (nSPS) is 12.0. The first-order valence-electron chi connectivity index (χ1n) is 29.2. The summed E-state index contributed by atoms with van der Waals surface area (Å²) in [5, 5.41) is 0. The molecule has 6 nitrogen and oxygen atoms in total. The monoisotopic (exact) mass is 917 g/mol. The van der Waals surface area contributed by atoms with Gasteiger partial charge in [0.15, 0.2) is 6.10 Å². The second-order valence-corrected chi connectivity index (χ2v) is 19.9. The smallest absolute Gasteiger partial charge is 0.306 e. The van der Waals surface area contributed by atoms with E-state index in [-0.39, 0.29) is 31.1 Å². The molecule has 0 amide bonds. The van der Waals surface area contributed by atoms with E-state index in [0.717, 1.165) is 57.8 Å². The average Bonchev–Trinajstić information content (AvgIpc) is 3.30. The maximum atomic E-state index is 12.8. The molecule has 0 rings (SSSR count). The Balaban J connectivity index is 4.11. The molecule has 1 unspecified atom stereocenters. The van der Waals surface area contributed by atoms with Crippen molar-refractivity contribution < 1.29 is 28.6 Å². The minimum atomic E-state index is -0.762. The van der Waals surface area contributed by atoms with Gasteiger partial charge in [-0.1, -0.05) is 277 Å². The minimum Gasteiger partial charge on any atom is -0.462 e. The van der Waals surface area contributed by atoms with Gasteiger partial charge in [-0.3, -0.25) is 14.4 Å². The van der Waals surface area contributed by atoms with E-state index in [0.29, 0.717) is 19.3 Å². The molecular weight excluding hydrogens is 805 g/mol. The second kappa shape index (κ2) is 54.8. The molecular formula is C59H112O6. The molecule has 0 aliphatic carbocycles. The molecule has 0 radical (unpaired) electrons. The van der Waals surface area contributed by atoms with Crippen LogP contribution in [0.4, 0.5) is 0 Å². The van der Waals surface area contributed by atoms with Crippen LogP contribution in [0, 0.1) is 0 Å². The first-order chi connectivity index (χ1) is 32.0. The highest BCUT2D eigenvalue weighted by Crippen LogP contribution is 2.17. The second-order valence-electron chi connectivity index (χ2n) is 19.9. The number of allylic oxidation sites excluding steroid dienone is 2. The zero-order chi connectivity index (χ0) is 47.2. The molecule has 0 spiro atoms. The lowest BCUT2D eigenvalue weighted by Crippen LogP contribution is -2.30. The van der Waals surface area contributed by atoms with Crippen LogP contribution in [0.3, 0.4) is 0 Å². The molecule has 0 aromatic carbocycles. The Morgan fingerprint density at radius 3 is 0.769 bits per heavy atom. The summed E-state index contributed by atoms with van der Waals surface area (Å²) in [5.74, 6) is -0.846. The van der Waals surface area contributed by atoms with Crippen LogP contribution in [0.1, 0.15) is 329 Å². The van der Waals surface area contributed by atoms with Gasteiger partial charge in [-0.2, -0.15) is 0 Å². The number of carbonyl (C=O) groups is 3. The molecule has 0 saturated heterocycles. The largest absolute Gasteiger partial charge is 0.462 e. The molecule has 0 aromatic heterocycles. The molecule has 0 aromatic rings. The van der Waals surface area contributed by atoms with E-state index in [2.05, 4.69) is 32.9 Å². The zero-order valence-corrected chi connectivity index (χ0v) is 44.0. The van der Waals surface area contributed by atoms with Crippen LogP contribution in [0.5, 0.6) is 0 Å². The third-order valence-corrected chi connectivity index (χ3v) is 13.3. The standard InChI is InChI=1S/C59H112O6/c1-4-7-10-13-16-19-21-23-24-25-26-27-28-29-30-31-32-33-34-36-37-40-43-46-49-52-58(61)64-55-56(54-63-57(60)51-48-45-42-39-18-15-12-9-6-3)65-59(62)53-50-47-44-41-38-35-22-20-17-14-11-8-5-2/h25-26,56H,4-24,27-55H2,1-3H3/b26-25-. The van der Waals surface area contributed by atoms with Gasteiger partial charge in [0.2, 0.25) is 0 Å². The van der Waals surface area contributed by atoms with Gasteiger partial charge in [0.1, 0.15) is 13.2 Å². The van der Waals surface area contributed by atoms with Crippen LogP contribution in [0.15, 0.2) is 12.2 Å². The van der Waals surface area contributed by atoms with Crippen LogP contribution < -0.4 is 0 Å². The Hall–Kier alpha value is -1.85. The number of ether oxygens (including phenoxy) is 3. The summed E-state index contributed by atoms with van der Waals surface area (Å²) in [6, 6.07) is 0. The van der Waals surface area contributed by atoms with Crippen LogP contribution >= 0.6 is 0 Å². The molecule has 65 heavy (non-hydrogen) atoms. The van der Waals surface area contributed by atoms with Crippen molar-refractivity contribution >= 4 is 17.9 Å². The molecule has 1 atom stereocenters. The quantitative estimate of drug-likeness (QED) is 0.0262. The van der Waals surface area contributed by atoms with Crippen molar-refractivity contribution in [2.75, 3.05) is 13.2 Å². The summed E-state index contributed by atoms with van der Waals surface area (Å²) >= 11 is 0. The molecule has 0 N–H and O–H groups in total. The Labute approximate surface area is 405 Å². The number of hydrogen-bond donors (Lipinski definition) is 0. The van der Waals surface area contributed by atoms with Gasteiger partial charge in [0.05, 0.1) is 0 Å². The van der Waals surface area contributed by atoms with Crippen molar-refractivity contribution in [1.29, 1.82) is 0 Å². The number of rotatable bonds is 54. The maximum Gasteiger partial charge on any atom is 0.306 e. The molecule has 384 valence electrons. The van der Waals surface area contributed by atoms with E-state index < -0.39 is 6.10 Å². The van der Waals surface area contributed by atoms with Crippen LogP contribution in [-0.4, -0.2) is 37.2 Å². The fraction of sp³-hybridized carbons (Fsp3) is 0.915. The van der Waals surface area contributed by atoms with Crippen molar-refractivity contribution in [3.8, 4) is 0 Å². The highest BCUT2D eigenvalue weighted by atomic mass is 16.6. The molecule has 0 saturated carbocycles. The summed E-state index contributed by atoms with van der Waals surface area (Å²) < 4.78 is 16.8. The first kappa shape index (κ1) is 63.1. The lowest BCUT2D eigenvalue weighted by Gasteiger charge is -2.18. The highest BCUT2D eigenvalue weighted by Gasteiger charge is 2.19. The lowest BCUT2D eigenvalue weighted by atomic mass is 10.0. The van der Waals surface area contributed by atoms with Gasteiger partial charge in [-0.25, -0.2) is 0 Å². The van der Waals surface area contributed by atoms with Gasteiger partial charge in [-0.15, -0.1) is 0 Å². The van der Waals surface area contributed by atoms with E-state index >= 15 is 0 Å². The van der Waals surface area contributed by atoms with E-state index in [9.17, 15) is 14.4 Å². The summed E-state index contributed by atoms with van der Waals surface area (Å²) in [4.78, 5) is 38.0. The van der Waals surface area contributed by atoms with E-state index in [4.69, 9.17) is 14.2 Å². The van der Waals surface area contributed by atoms with E-state index in [1.807, 2.05) is 0 Å². The zero-order valence-electron chi connectivity index (χ0n) is 44.0. The molecule has 0 aliphatic rings. The van der Waals surface area contributed by atoms with Gasteiger partial charge in [0, 0.05) is 19.3 Å². The molecule has 6 heteroatoms. The fourth-order valence-electron chi connectivity index (χ4n) is 8.85.